The third-order valence-electron chi connectivity index (χ3n) is 11.6. The van der Waals surface area contributed by atoms with E-state index in [1.807, 2.05) is 0 Å². The Morgan fingerprint density at radius 1 is 0.530 bits per heavy atom. The van der Waals surface area contributed by atoms with Crippen LogP contribution < -0.4 is 5.32 Å². The smallest absolute Gasteiger partial charge is 0.220 e. The minimum atomic E-state index is -1.55. The summed E-state index contributed by atoms with van der Waals surface area (Å²) in [5, 5.41) is 53.8. The second-order valence-corrected chi connectivity index (χ2v) is 17.6. The molecule has 6 N–H and O–H groups in total. The van der Waals surface area contributed by atoms with Crippen LogP contribution in [-0.2, 0) is 14.3 Å². The fraction of sp³-hybridized carbons (Fsp3) is 0.667. The predicted octanol–water partition coefficient (Wildman–Crippen LogP) is 12.2. The Morgan fingerprint density at radius 3 is 1.38 bits per heavy atom. The molecule has 1 saturated heterocycles. The van der Waals surface area contributed by atoms with Gasteiger partial charge in [-0.15, -0.1) is 0 Å². The van der Waals surface area contributed by atoms with Gasteiger partial charge in [0.1, 0.15) is 24.4 Å². The minimum Gasteiger partial charge on any atom is -0.394 e. The molecule has 376 valence electrons. The molecule has 0 spiro atoms. The van der Waals surface area contributed by atoms with E-state index in [2.05, 4.69) is 129 Å². The van der Waals surface area contributed by atoms with E-state index in [0.29, 0.717) is 12.8 Å². The molecule has 66 heavy (non-hydrogen) atoms. The van der Waals surface area contributed by atoms with Crippen molar-refractivity contribution in [2.45, 2.75) is 230 Å². The second kappa shape index (κ2) is 45.6. The number of nitrogens with one attached hydrogen (secondary N) is 1. The van der Waals surface area contributed by atoms with Gasteiger partial charge in [-0.1, -0.05) is 207 Å². The molecule has 9 heteroatoms. The molecule has 9 nitrogen and oxygen atoms in total. The fourth-order valence-corrected chi connectivity index (χ4v) is 7.50. The third kappa shape index (κ3) is 35.1. The largest absolute Gasteiger partial charge is 0.394 e. The van der Waals surface area contributed by atoms with Crippen molar-refractivity contribution >= 4 is 5.91 Å². The van der Waals surface area contributed by atoms with Crippen molar-refractivity contribution in [3.05, 3.63) is 109 Å². The number of hydrogen-bond donors (Lipinski definition) is 6. The Morgan fingerprint density at radius 2 is 0.939 bits per heavy atom. The number of aliphatic hydroxyl groups excluding tert-OH is 5. The summed E-state index contributed by atoms with van der Waals surface area (Å²) in [7, 11) is 0. The van der Waals surface area contributed by atoms with E-state index in [1.54, 1.807) is 0 Å². The number of hydrogen-bond acceptors (Lipinski definition) is 8. The summed E-state index contributed by atoms with van der Waals surface area (Å²) >= 11 is 0. The number of ether oxygens (including phenoxy) is 2. The Kier molecular flexibility index (Phi) is 42.1. The molecule has 1 aliphatic heterocycles. The number of unbranched alkanes of at least 4 members (excludes halogenated alkanes) is 14. The van der Waals surface area contributed by atoms with Crippen LogP contribution in [-0.4, -0.2) is 87.5 Å². The summed E-state index contributed by atoms with van der Waals surface area (Å²) in [5.41, 5.74) is 0. The van der Waals surface area contributed by atoms with E-state index in [0.717, 1.165) is 109 Å². The lowest BCUT2D eigenvalue weighted by Gasteiger charge is -2.40. The Labute approximate surface area is 402 Å². The number of carbonyl (C=O) groups excluding carboxylic acids is 1. The molecule has 7 atom stereocenters. The highest BCUT2D eigenvalue weighted by Gasteiger charge is 2.44. The van der Waals surface area contributed by atoms with Crippen molar-refractivity contribution in [1.82, 2.24) is 5.32 Å². The number of amides is 1. The molecule has 0 bridgehead atoms. The molecule has 1 amide bonds. The van der Waals surface area contributed by atoms with E-state index in [-0.39, 0.29) is 12.5 Å². The lowest BCUT2D eigenvalue weighted by atomic mass is 9.99. The van der Waals surface area contributed by atoms with Crippen LogP contribution in [0.15, 0.2) is 109 Å². The van der Waals surface area contributed by atoms with Gasteiger partial charge in [-0.25, -0.2) is 0 Å². The first-order chi connectivity index (χ1) is 32.3. The highest BCUT2D eigenvalue weighted by molar-refractivity contribution is 5.76. The molecule has 1 rings (SSSR count). The Hall–Kier alpha value is -3.15. The molecular formula is C57H95NO8. The molecule has 1 aliphatic rings. The average molecular weight is 922 g/mol. The van der Waals surface area contributed by atoms with Gasteiger partial charge in [-0.2, -0.15) is 0 Å². The lowest BCUT2D eigenvalue weighted by Crippen LogP contribution is -2.60. The second-order valence-electron chi connectivity index (χ2n) is 17.6. The van der Waals surface area contributed by atoms with E-state index < -0.39 is 49.5 Å². The van der Waals surface area contributed by atoms with Gasteiger partial charge in [0.15, 0.2) is 6.29 Å². The van der Waals surface area contributed by atoms with Crippen molar-refractivity contribution in [1.29, 1.82) is 0 Å². The quantitative estimate of drug-likeness (QED) is 0.0262. The molecule has 0 aromatic rings. The Balaban J connectivity index is 2.03. The molecular weight excluding hydrogens is 827 g/mol. The molecule has 0 aromatic carbocycles. The summed E-state index contributed by atoms with van der Waals surface area (Å²) in [6.45, 7) is 3.57. The number of allylic oxidation sites excluding steroid dienone is 18. The van der Waals surface area contributed by atoms with Gasteiger partial charge in [-0.05, 0) is 83.5 Å². The first-order valence-electron chi connectivity index (χ1n) is 26.1. The maximum atomic E-state index is 12.9. The average Bonchev–Trinajstić information content (AvgIpc) is 3.32. The number of aliphatic hydroxyl groups is 5. The highest BCUT2D eigenvalue weighted by atomic mass is 16.7. The van der Waals surface area contributed by atoms with E-state index >= 15 is 0 Å². The van der Waals surface area contributed by atoms with E-state index in [9.17, 15) is 30.3 Å². The molecule has 7 unspecified atom stereocenters. The number of rotatable bonds is 42. The van der Waals surface area contributed by atoms with Crippen LogP contribution in [0, 0.1) is 0 Å². The monoisotopic (exact) mass is 922 g/mol. The van der Waals surface area contributed by atoms with Gasteiger partial charge in [0, 0.05) is 6.42 Å². The first kappa shape index (κ1) is 60.9. The van der Waals surface area contributed by atoms with Crippen LogP contribution in [0.25, 0.3) is 0 Å². The van der Waals surface area contributed by atoms with Gasteiger partial charge in [0.2, 0.25) is 5.91 Å². The van der Waals surface area contributed by atoms with Crippen LogP contribution >= 0.6 is 0 Å². The topological polar surface area (TPSA) is 149 Å². The zero-order chi connectivity index (χ0) is 48.0. The van der Waals surface area contributed by atoms with Crippen molar-refractivity contribution < 1.29 is 39.8 Å². The Bertz CT molecular complexity index is 1390. The summed E-state index contributed by atoms with van der Waals surface area (Å²) in [6.07, 6.45) is 60.5. The molecule has 0 saturated carbocycles. The van der Waals surface area contributed by atoms with Crippen molar-refractivity contribution in [2.75, 3.05) is 13.2 Å². The van der Waals surface area contributed by atoms with Gasteiger partial charge in [0.25, 0.3) is 0 Å². The van der Waals surface area contributed by atoms with Crippen molar-refractivity contribution in [2.24, 2.45) is 0 Å². The van der Waals surface area contributed by atoms with E-state index in [1.165, 1.54) is 51.4 Å². The molecule has 0 radical (unpaired) electrons. The first-order valence-corrected chi connectivity index (χ1v) is 26.1. The summed E-state index contributed by atoms with van der Waals surface area (Å²) in [4.78, 5) is 12.9. The molecule has 0 aliphatic carbocycles. The van der Waals surface area contributed by atoms with Crippen molar-refractivity contribution in [3.63, 3.8) is 0 Å². The zero-order valence-electron chi connectivity index (χ0n) is 41.4. The highest BCUT2D eigenvalue weighted by Crippen LogP contribution is 2.23. The predicted molar refractivity (Wildman–Crippen MR) is 276 cm³/mol. The van der Waals surface area contributed by atoms with Crippen molar-refractivity contribution in [3.8, 4) is 0 Å². The number of carbonyl (C=O) groups is 1. The summed E-state index contributed by atoms with van der Waals surface area (Å²) in [5.74, 6) is -0.162. The van der Waals surface area contributed by atoms with Crippen LogP contribution in [0.4, 0.5) is 0 Å². The normalized spacial score (nSPS) is 20.7. The maximum absolute atomic E-state index is 12.9. The SMILES string of the molecule is CC/C=C\C/C=C\C/C=C\C/C=C\C/C=C\C/C=C\C/C=C\C/C=C\C/C=C\CCCCCCCCCCCCCC(=O)NC(COC1OC(CO)C(O)C(O)C1O)C(O)CCCCCC. The molecule has 0 aromatic heterocycles. The van der Waals surface area contributed by atoms with Gasteiger partial charge >= 0.3 is 0 Å². The van der Waals surface area contributed by atoms with Gasteiger partial charge in [-0.3, -0.25) is 4.79 Å². The summed E-state index contributed by atoms with van der Waals surface area (Å²) in [6, 6.07) is -0.722. The van der Waals surface area contributed by atoms with E-state index in [4.69, 9.17) is 9.47 Å². The molecule has 1 fully saturated rings. The maximum Gasteiger partial charge on any atom is 0.220 e. The van der Waals surface area contributed by atoms with Crippen LogP contribution in [0.1, 0.15) is 187 Å². The van der Waals surface area contributed by atoms with Gasteiger partial charge < -0.3 is 40.3 Å². The van der Waals surface area contributed by atoms with Gasteiger partial charge in [0.05, 0.1) is 25.4 Å². The minimum absolute atomic E-state index is 0.148. The van der Waals surface area contributed by atoms with Crippen LogP contribution in [0.5, 0.6) is 0 Å². The standard InChI is InChI=1S/C57H95NO8/c1-3-5-7-9-10-11-12-13-14-15-16-17-18-19-20-21-22-23-24-25-26-27-28-29-30-31-32-33-34-35-36-37-38-39-40-41-42-43-45-47-53(61)58-50(51(60)46-44-8-6-4-2)49-65-57-56(64)55(63)54(62)52(48-59)66-57/h5,7,10-11,13-14,16-17,19-20,22-23,25-26,28-29,31-32,50-52,54-57,59-60,62-64H,3-4,6,8-9,12,15,18,21,24,27,30,33-49H2,1-2H3,(H,58,61)/b7-5-,11-10-,14-13-,17-16-,20-19-,23-22-,26-25-,29-28-,32-31-. The van der Waals surface area contributed by atoms with Crippen LogP contribution in [0.3, 0.4) is 0 Å². The molecule has 1 heterocycles. The zero-order valence-corrected chi connectivity index (χ0v) is 41.4. The van der Waals surface area contributed by atoms with Crippen LogP contribution in [0.2, 0.25) is 0 Å². The lowest BCUT2D eigenvalue weighted by molar-refractivity contribution is -0.302. The third-order valence-corrected chi connectivity index (χ3v) is 11.6. The fourth-order valence-electron chi connectivity index (χ4n) is 7.50. The summed E-state index contributed by atoms with van der Waals surface area (Å²) < 4.78 is 11.1.